The number of rotatable bonds is 6. The van der Waals surface area contributed by atoms with E-state index in [1.165, 1.54) is 0 Å². The Morgan fingerprint density at radius 2 is 2.11 bits per heavy atom. The number of nitrogens with zero attached hydrogens (tertiary/aromatic N) is 1. The van der Waals surface area contributed by atoms with E-state index in [4.69, 9.17) is 4.74 Å². The third kappa shape index (κ3) is 3.15. The first-order valence-corrected chi connectivity index (χ1v) is 6.71. The van der Waals surface area contributed by atoms with E-state index >= 15 is 0 Å². The van der Waals surface area contributed by atoms with Gasteiger partial charge in [0, 0.05) is 30.6 Å². The lowest BCUT2D eigenvalue weighted by Crippen LogP contribution is -2.34. The van der Waals surface area contributed by atoms with Crippen LogP contribution in [0.15, 0.2) is 30.3 Å². The summed E-state index contributed by atoms with van der Waals surface area (Å²) in [5.41, 5.74) is 1.63. The predicted molar refractivity (Wildman–Crippen MR) is 76.4 cm³/mol. The Bertz CT molecular complexity index is 515. The molecule has 0 radical (unpaired) electrons. The molecule has 2 aromatic rings. The lowest BCUT2D eigenvalue weighted by molar-refractivity contribution is 0.0664. The Morgan fingerprint density at radius 3 is 2.79 bits per heavy atom. The molecular weight excluding hydrogens is 240 g/mol. The monoisotopic (exact) mass is 260 g/mol. The highest BCUT2D eigenvalue weighted by Crippen LogP contribution is 2.15. The van der Waals surface area contributed by atoms with Crippen molar-refractivity contribution in [3.63, 3.8) is 0 Å². The zero-order valence-corrected chi connectivity index (χ0v) is 11.5. The summed E-state index contributed by atoms with van der Waals surface area (Å²) in [5, 5.41) is 1.06. The van der Waals surface area contributed by atoms with Crippen molar-refractivity contribution in [1.82, 2.24) is 9.88 Å². The number of ether oxygens (including phenoxy) is 1. The van der Waals surface area contributed by atoms with Crippen LogP contribution in [0.25, 0.3) is 10.9 Å². The van der Waals surface area contributed by atoms with Crippen LogP contribution in [0, 0.1) is 0 Å². The number of fused-ring (bicyclic) bond motifs is 1. The molecule has 4 heteroatoms. The zero-order valence-electron chi connectivity index (χ0n) is 11.5. The van der Waals surface area contributed by atoms with E-state index < -0.39 is 0 Å². The standard InChI is InChI=1S/C15H20N2O2/c1-3-17(9-10-19-4-2)15(18)14-11-12-7-5-6-8-13(12)16-14/h5-8,11,16H,3-4,9-10H2,1-2H3. The fourth-order valence-electron chi connectivity index (χ4n) is 2.08. The molecule has 0 bridgehead atoms. The molecule has 4 nitrogen and oxygen atoms in total. The van der Waals surface area contributed by atoms with Crippen molar-refractivity contribution in [3.8, 4) is 0 Å². The second-order valence-corrected chi connectivity index (χ2v) is 4.35. The third-order valence-electron chi connectivity index (χ3n) is 3.14. The number of likely N-dealkylation sites (N-methyl/N-ethyl adjacent to an activating group) is 1. The van der Waals surface area contributed by atoms with Crippen molar-refractivity contribution in [1.29, 1.82) is 0 Å². The summed E-state index contributed by atoms with van der Waals surface area (Å²) in [6.45, 7) is 6.50. The zero-order chi connectivity index (χ0) is 13.7. The van der Waals surface area contributed by atoms with Crippen LogP contribution in [0.4, 0.5) is 0 Å². The van der Waals surface area contributed by atoms with Gasteiger partial charge in [-0.25, -0.2) is 0 Å². The fraction of sp³-hybridized carbons (Fsp3) is 0.400. The van der Waals surface area contributed by atoms with Crippen LogP contribution in [-0.4, -0.2) is 42.1 Å². The third-order valence-corrected chi connectivity index (χ3v) is 3.14. The van der Waals surface area contributed by atoms with E-state index in [1.807, 2.05) is 44.2 Å². The number of hydrogen-bond donors (Lipinski definition) is 1. The van der Waals surface area contributed by atoms with E-state index in [1.54, 1.807) is 4.90 Å². The van der Waals surface area contributed by atoms with Gasteiger partial charge >= 0.3 is 0 Å². The van der Waals surface area contributed by atoms with Crippen molar-refractivity contribution in [2.75, 3.05) is 26.3 Å². The second kappa shape index (κ2) is 6.38. The van der Waals surface area contributed by atoms with Gasteiger partial charge in [0.1, 0.15) is 5.69 Å². The van der Waals surface area contributed by atoms with Gasteiger partial charge in [0.05, 0.1) is 6.61 Å². The topological polar surface area (TPSA) is 45.3 Å². The van der Waals surface area contributed by atoms with Gasteiger partial charge < -0.3 is 14.6 Å². The minimum absolute atomic E-state index is 0.0263. The summed E-state index contributed by atoms with van der Waals surface area (Å²) in [7, 11) is 0. The van der Waals surface area contributed by atoms with Crippen LogP contribution in [0.1, 0.15) is 24.3 Å². The predicted octanol–water partition coefficient (Wildman–Crippen LogP) is 2.67. The molecule has 2 rings (SSSR count). The number of amides is 1. The Kier molecular flexibility index (Phi) is 4.58. The Hall–Kier alpha value is -1.81. The number of benzene rings is 1. The highest BCUT2D eigenvalue weighted by Gasteiger charge is 2.15. The quantitative estimate of drug-likeness (QED) is 0.812. The fourth-order valence-corrected chi connectivity index (χ4v) is 2.08. The summed E-state index contributed by atoms with van der Waals surface area (Å²) >= 11 is 0. The van der Waals surface area contributed by atoms with Gasteiger partial charge in [-0.1, -0.05) is 18.2 Å². The van der Waals surface area contributed by atoms with Crippen LogP contribution in [0.3, 0.4) is 0 Å². The van der Waals surface area contributed by atoms with Gasteiger partial charge in [-0.2, -0.15) is 0 Å². The highest BCUT2D eigenvalue weighted by molar-refractivity contribution is 5.98. The van der Waals surface area contributed by atoms with Crippen molar-refractivity contribution in [3.05, 3.63) is 36.0 Å². The van der Waals surface area contributed by atoms with Crippen molar-refractivity contribution < 1.29 is 9.53 Å². The van der Waals surface area contributed by atoms with Gasteiger partial charge in [-0.3, -0.25) is 4.79 Å². The molecular formula is C15H20N2O2. The number of hydrogen-bond acceptors (Lipinski definition) is 2. The Morgan fingerprint density at radius 1 is 1.32 bits per heavy atom. The maximum absolute atomic E-state index is 12.4. The highest BCUT2D eigenvalue weighted by atomic mass is 16.5. The first-order chi connectivity index (χ1) is 9.26. The van der Waals surface area contributed by atoms with Gasteiger partial charge in [-0.15, -0.1) is 0 Å². The number of H-pyrrole nitrogens is 1. The molecule has 0 aliphatic carbocycles. The van der Waals surface area contributed by atoms with Crippen molar-refractivity contribution in [2.24, 2.45) is 0 Å². The van der Waals surface area contributed by atoms with Gasteiger partial charge in [0.15, 0.2) is 0 Å². The Balaban J connectivity index is 2.12. The second-order valence-electron chi connectivity index (χ2n) is 4.35. The van der Waals surface area contributed by atoms with E-state index in [2.05, 4.69) is 4.98 Å². The maximum atomic E-state index is 12.4. The van der Waals surface area contributed by atoms with Gasteiger partial charge in [-0.05, 0) is 26.0 Å². The number of aromatic nitrogens is 1. The van der Waals surface area contributed by atoms with Crippen LogP contribution in [0.2, 0.25) is 0 Å². The minimum Gasteiger partial charge on any atom is -0.380 e. The molecule has 0 fully saturated rings. The molecule has 1 aromatic heterocycles. The number of nitrogens with one attached hydrogen (secondary N) is 1. The van der Waals surface area contributed by atoms with E-state index in [0.717, 1.165) is 10.9 Å². The molecule has 0 saturated heterocycles. The molecule has 0 unspecified atom stereocenters. The summed E-state index contributed by atoms with van der Waals surface area (Å²) in [6.07, 6.45) is 0. The van der Waals surface area contributed by atoms with E-state index in [-0.39, 0.29) is 5.91 Å². The first kappa shape index (κ1) is 13.6. The Labute approximate surface area is 113 Å². The average molecular weight is 260 g/mol. The largest absolute Gasteiger partial charge is 0.380 e. The summed E-state index contributed by atoms with van der Waals surface area (Å²) < 4.78 is 5.31. The van der Waals surface area contributed by atoms with Crippen LogP contribution in [-0.2, 0) is 4.74 Å². The van der Waals surface area contributed by atoms with Gasteiger partial charge in [0.2, 0.25) is 0 Å². The summed E-state index contributed by atoms with van der Waals surface area (Å²) in [5.74, 6) is 0.0263. The molecule has 1 N–H and O–H groups in total. The van der Waals surface area contributed by atoms with Crippen LogP contribution >= 0.6 is 0 Å². The average Bonchev–Trinajstić information content (AvgIpc) is 2.87. The van der Waals surface area contributed by atoms with Crippen LogP contribution < -0.4 is 0 Å². The normalized spacial score (nSPS) is 10.8. The van der Waals surface area contributed by atoms with Crippen LogP contribution in [0.5, 0.6) is 0 Å². The molecule has 1 aromatic carbocycles. The molecule has 1 amide bonds. The molecule has 0 aliphatic rings. The summed E-state index contributed by atoms with van der Waals surface area (Å²) in [6, 6.07) is 9.81. The minimum atomic E-state index is 0.0263. The SMILES string of the molecule is CCOCCN(CC)C(=O)c1cc2ccccc2[nH]1. The molecule has 0 spiro atoms. The molecule has 0 atom stereocenters. The lowest BCUT2D eigenvalue weighted by Gasteiger charge is -2.19. The number of aromatic amines is 1. The molecule has 102 valence electrons. The number of carbonyl (C=O) groups excluding carboxylic acids is 1. The van der Waals surface area contributed by atoms with E-state index in [9.17, 15) is 4.79 Å². The summed E-state index contributed by atoms with van der Waals surface area (Å²) in [4.78, 5) is 17.3. The molecule has 0 saturated carbocycles. The lowest BCUT2D eigenvalue weighted by atomic mass is 10.2. The number of para-hydroxylation sites is 1. The van der Waals surface area contributed by atoms with Crippen molar-refractivity contribution >= 4 is 16.8 Å². The molecule has 0 aliphatic heterocycles. The molecule has 19 heavy (non-hydrogen) atoms. The first-order valence-electron chi connectivity index (χ1n) is 6.71. The van der Waals surface area contributed by atoms with E-state index in [0.29, 0.717) is 32.0 Å². The smallest absolute Gasteiger partial charge is 0.270 e. The van der Waals surface area contributed by atoms with Crippen molar-refractivity contribution in [2.45, 2.75) is 13.8 Å². The van der Waals surface area contributed by atoms with Gasteiger partial charge in [0.25, 0.3) is 5.91 Å². The molecule has 1 heterocycles. The number of carbonyl (C=O) groups is 1. The maximum Gasteiger partial charge on any atom is 0.270 e.